The Kier molecular flexibility index (Phi) is 4.45. The Balaban J connectivity index is 1.92. The molecular formula is C18H14N2O3S. The molecule has 1 N–H and O–H groups in total. The van der Waals surface area contributed by atoms with Gasteiger partial charge in [0.05, 0.1) is 18.4 Å². The number of carbonyl (C=O) groups excluding carboxylic acids is 2. The van der Waals surface area contributed by atoms with Crippen molar-refractivity contribution in [1.29, 1.82) is 5.26 Å². The molecule has 3 aromatic rings. The Hall–Kier alpha value is -2.91. The van der Waals surface area contributed by atoms with Crippen molar-refractivity contribution in [1.82, 2.24) is 4.98 Å². The molecule has 120 valence electrons. The number of thiophene rings is 1. The number of Topliss-reactive ketones (excluding diaryl/α,β-unsaturated/α-hetero) is 2. The summed E-state index contributed by atoms with van der Waals surface area (Å²) in [4.78, 5) is 27.9. The molecular weight excluding hydrogens is 324 g/mol. The molecule has 5 nitrogen and oxygen atoms in total. The maximum atomic E-state index is 12.6. The van der Waals surface area contributed by atoms with Gasteiger partial charge in [-0.1, -0.05) is 0 Å². The molecule has 1 aromatic carbocycles. The molecule has 1 atom stereocenters. The number of hydrogen-bond donors (Lipinski definition) is 1. The minimum atomic E-state index is -1.35. The van der Waals surface area contributed by atoms with Crippen LogP contribution in [0.25, 0.3) is 10.9 Å². The van der Waals surface area contributed by atoms with Crippen LogP contribution in [0.3, 0.4) is 0 Å². The Bertz CT molecular complexity index is 935. The molecule has 2 heterocycles. The van der Waals surface area contributed by atoms with Crippen LogP contribution in [-0.4, -0.2) is 23.2 Å². The Morgan fingerprint density at radius 2 is 2.12 bits per heavy atom. The maximum Gasteiger partial charge on any atom is 0.204 e. The number of carbonyl (C=O) groups is 2. The molecule has 24 heavy (non-hydrogen) atoms. The molecule has 0 spiro atoms. The number of nitriles is 1. The zero-order valence-corrected chi connectivity index (χ0v) is 13.7. The van der Waals surface area contributed by atoms with E-state index in [1.54, 1.807) is 29.0 Å². The number of benzene rings is 1. The lowest BCUT2D eigenvalue weighted by atomic mass is 9.95. The lowest BCUT2D eigenvalue weighted by molar-refractivity contribution is 0.0843. The van der Waals surface area contributed by atoms with Crippen LogP contribution in [0.4, 0.5) is 0 Å². The van der Waals surface area contributed by atoms with Crippen LogP contribution >= 0.6 is 11.3 Å². The average Bonchev–Trinajstić information content (AvgIpc) is 3.24. The van der Waals surface area contributed by atoms with Gasteiger partial charge in [-0.3, -0.25) is 9.59 Å². The summed E-state index contributed by atoms with van der Waals surface area (Å²) in [5.41, 5.74) is 1.35. The number of H-pyrrole nitrogens is 1. The number of aromatic nitrogens is 1. The number of hydrogen-bond acceptors (Lipinski definition) is 5. The third-order valence-electron chi connectivity index (χ3n) is 3.63. The highest BCUT2D eigenvalue weighted by Gasteiger charge is 2.29. The van der Waals surface area contributed by atoms with E-state index in [-0.39, 0.29) is 5.69 Å². The molecule has 0 radical (unpaired) electrons. The van der Waals surface area contributed by atoms with Crippen LogP contribution < -0.4 is 4.74 Å². The summed E-state index contributed by atoms with van der Waals surface area (Å²) in [5, 5.41) is 13.5. The maximum absolute atomic E-state index is 12.6. The minimum absolute atomic E-state index is 0.244. The van der Waals surface area contributed by atoms with Gasteiger partial charge in [0.1, 0.15) is 5.75 Å². The predicted molar refractivity (Wildman–Crippen MR) is 91.6 cm³/mol. The molecule has 0 fully saturated rings. The topological polar surface area (TPSA) is 82.9 Å². The van der Waals surface area contributed by atoms with Gasteiger partial charge in [0, 0.05) is 27.9 Å². The number of rotatable bonds is 6. The van der Waals surface area contributed by atoms with Crippen LogP contribution in [0.5, 0.6) is 5.75 Å². The molecule has 6 heteroatoms. The first kappa shape index (κ1) is 16.0. The number of ether oxygens (including phenoxy) is 1. The van der Waals surface area contributed by atoms with Crippen LogP contribution in [-0.2, 0) is 0 Å². The fourth-order valence-corrected chi connectivity index (χ4v) is 3.10. The van der Waals surface area contributed by atoms with Gasteiger partial charge in [0.15, 0.2) is 11.7 Å². The molecule has 3 rings (SSSR count). The number of aromatic amines is 1. The van der Waals surface area contributed by atoms with Gasteiger partial charge in [-0.15, -0.1) is 0 Å². The summed E-state index contributed by atoms with van der Waals surface area (Å²) >= 11 is 1.35. The van der Waals surface area contributed by atoms with Gasteiger partial charge in [-0.05, 0) is 36.6 Å². The summed E-state index contributed by atoms with van der Waals surface area (Å²) < 4.78 is 5.43. The van der Waals surface area contributed by atoms with E-state index in [4.69, 9.17) is 4.74 Å². The van der Waals surface area contributed by atoms with E-state index >= 15 is 0 Å². The molecule has 0 saturated heterocycles. The van der Waals surface area contributed by atoms with E-state index in [1.165, 1.54) is 11.3 Å². The van der Waals surface area contributed by atoms with Crippen LogP contribution in [0.15, 0.2) is 41.1 Å². The quantitative estimate of drug-likeness (QED) is 0.547. The average molecular weight is 338 g/mol. The van der Waals surface area contributed by atoms with Crippen molar-refractivity contribution >= 4 is 33.8 Å². The lowest BCUT2D eigenvalue weighted by Crippen LogP contribution is -2.22. The van der Waals surface area contributed by atoms with E-state index in [9.17, 15) is 14.9 Å². The monoisotopic (exact) mass is 338 g/mol. The van der Waals surface area contributed by atoms with Crippen LogP contribution in [0.1, 0.15) is 27.8 Å². The highest BCUT2D eigenvalue weighted by molar-refractivity contribution is 7.08. The largest absolute Gasteiger partial charge is 0.494 e. The normalized spacial score (nSPS) is 11.8. The second-order valence-electron chi connectivity index (χ2n) is 5.17. The fourth-order valence-electron chi connectivity index (χ4n) is 2.46. The predicted octanol–water partition coefficient (Wildman–Crippen LogP) is 3.83. The summed E-state index contributed by atoms with van der Waals surface area (Å²) in [7, 11) is 0. The van der Waals surface area contributed by atoms with E-state index in [0.29, 0.717) is 17.9 Å². The Morgan fingerprint density at radius 3 is 2.79 bits per heavy atom. The number of ketones is 2. The van der Waals surface area contributed by atoms with Crippen molar-refractivity contribution in [2.24, 2.45) is 5.92 Å². The third kappa shape index (κ3) is 2.94. The van der Waals surface area contributed by atoms with Crippen molar-refractivity contribution < 1.29 is 14.3 Å². The molecule has 0 aliphatic rings. The first-order valence-electron chi connectivity index (χ1n) is 7.40. The summed E-state index contributed by atoms with van der Waals surface area (Å²) in [5.74, 6) is -1.66. The van der Waals surface area contributed by atoms with Gasteiger partial charge in [-0.2, -0.15) is 16.6 Å². The molecule has 1 unspecified atom stereocenters. The zero-order valence-electron chi connectivity index (χ0n) is 12.9. The standard InChI is InChI=1S/C18H14N2O3S/c1-2-23-13-4-3-11-7-16(20-15(11)8-13)18(22)14(9-19)17(21)12-5-6-24-10-12/h3-8,10,14,20H,2H2,1H3. The summed E-state index contributed by atoms with van der Waals surface area (Å²) in [6.07, 6.45) is 0. The van der Waals surface area contributed by atoms with E-state index in [2.05, 4.69) is 4.98 Å². The van der Waals surface area contributed by atoms with Gasteiger partial charge in [-0.25, -0.2) is 0 Å². The number of nitrogens with zero attached hydrogens (tertiary/aromatic N) is 1. The molecule has 0 amide bonds. The fraction of sp³-hybridized carbons (Fsp3) is 0.167. The Morgan fingerprint density at radius 1 is 1.29 bits per heavy atom. The van der Waals surface area contributed by atoms with Crippen LogP contribution in [0.2, 0.25) is 0 Å². The first-order valence-corrected chi connectivity index (χ1v) is 8.34. The highest BCUT2D eigenvalue weighted by atomic mass is 32.1. The minimum Gasteiger partial charge on any atom is -0.494 e. The van der Waals surface area contributed by atoms with Crippen molar-refractivity contribution in [2.75, 3.05) is 6.61 Å². The van der Waals surface area contributed by atoms with E-state index < -0.39 is 17.5 Å². The van der Waals surface area contributed by atoms with Gasteiger partial charge in [0.25, 0.3) is 0 Å². The van der Waals surface area contributed by atoms with Crippen molar-refractivity contribution in [3.8, 4) is 11.8 Å². The molecule has 0 aliphatic carbocycles. The smallest absolute Gasteiger partial charge is 0.204 e. The van der Waals surface area contributed by atoms with Gasteiger partial charge < -0.3 is 9.72 Å². The summed E-state index contributed by atoms with van der Waals surface area (Å²) in [6.45, 7) is 2.44. The van der Waals surface area contributed by atoms with E-state index in [1.807, 2.05) is 25.1 Å². The molecule has 2 aromatic heterocycles. The van der Waals surface area contributed by atoms with Crippen molar-refractivity contribution in [3.05, 3.63) is 52.3 Å². The van der Waals surface area contributed by atoms with Gasteiger partial charge >= 0.3 is 0 Å². The molecule has 0 aliphatic heterocycles. The summed E-state index contributed by atoms with van der Waals surface area (Å²) in [6, 6.07) is 10.5. The van der Waals surface area contributed by atoms with Crippen molar-refractivity contribution in [3.63, 3.8) is 0 Å². The second kappa shape index (κ2) is 6.69. The first-order chi connectivity index (χ1) is 11.6. The highest BCUT2D eigenvalue weighted by Crippen LogP contribution is 2.24. The Labute approximate surface area is 142 Å². The van der Waals surface area contributed by atoms with E-state index in [0.717, 1.165) is 10.9 Å². The zero-order chi connectivity index (χ0) is 17.1. The van der Waals surface area contributed by atoms with Crippen molar-refractivity contribution in [2.45, 2.75) is 6.92 Å². The SMILES string of the molecule is CCOc1ccc2cc(C(=O)C(C#N)C(=O)c3ccsc3)[nH]c2c1. The van der Waals surface area contributed by atoms with Crippen LogP contribution in [0, 0.1) is 17.2 Å². The number of fused-ring (bicyclic) bond motifs is 1. The molecule has 0 bridgehead atoms. The third-order valence-corrected chi connectivity index (χ3v) is 4.31. The lowest BCUT2D eigenvalue weighted by Gasteiger charge is -2.04. The number of nitrogens with one attached hydrogen (secondary N) is 1. The van der Waals surface area contributed by atoms with Gasteiger partial charge in [0.2, 0.25) is 5.78 Å². The second-order valence-corrected chi connectivity index (χ2v) is 5.95. The molecule has 0 saturated carbocycles.